The third kappa shape index (κ3) is 6.09. The van der Waals surface area contributed by atoms with E-state index in [1.54, 1.807) is 33.4 Å². The molecule has 0 saturated heterocycles. The predicted molar refractivity (Wildman–Crippen MR) is 109 cm³/mol. The second-order valence-corrected chi connectivity index (χ2v) is 6.28. The molecule has 2 rings (SSSR count). The highest BCUT2D eigenvalue weighted by Crippen LogP contribution is 2.25. The van der Waals surface area contributed by atoms with Gasteiger partial charge < -0.3 is 24.8 Å². The lowest BCUT2D eigenvalue weighted by molar-refractivity contribution is 0.382. The summed E-state index contributed by atoms with van der Waals surface area (Å²) in [6.07, 6.45) is 1.92. The topological polar surface area (TPSA) is 66.3 Å². The van der Waals surface area contributed by atoms with Crippen LogP contribution in [-0.4, -0.2) is 50.8 Å². The Hall–Kier alpha value is -2.89. The summed E-state index contributed by atoms with van der Waals surface area (Å²) in [6, 6.07) is 13.2. The Balaban J connectivity index is 1.86. The lowest BCUT2D eigenvalue weighted by Gasteiger charge is -2.23. The Kier molecular flexibility index (Phi) is 7.79. The molecule has 0 fully saturated rings. The number of guanidine groups is 1. The van der Waals surface area contributed by atoms with Crippen LogP contribution in [0.5, 0.6) is 17.2 Å². The molecule has 2 N–H and O–H groups in total. The molecule has 2 aromatic carbocycles. The summed E-state index contributed by atoms with van der Waals surface area (Å²) >= 11 is 0. The van der Waals surface area contributed by atoms with E-state index in [4.69, 9.17) is 9.47 Å². The molecule has 146 valence electrons. The highest BCUT2D eigenvalue weighted by atomic mass is 16.5. The van der Waals surface area contributed by atoms with Gasteiger partial charge in [-0.15, -0.1) is 0 Å². The minimum absolute atomic E-state index is 0.299. The van der Waals surface area contributed by atoms with Crippen molar-refractivity contribution < 1.29 is 14.6 Å². The zero-order valence-corrected chi connectivity index (χ0v) is 16.5. The summed E-state index contributed by atoms with van der Waals surface area (Å²) in [5.41, 5.74) is 2.27. The first-order valence-corrected chi connectivity index (χ1v) is 8.98. The van der Waals surface area contributed by atoms with Gasteiger partial charge in [-0.25, -0.2) is 0 Å². The molecule has 6 nitrogen and oxygen atoms in total. The number of benzene rings is 2. The van der Waals surface area contributed by atoms with Crippen LogP contribution in [0.4, 0.5) is 0 Å². The van der Waals surface area contributed by atoms with Crippen molar-refractivity contribution in [3.63, 3.8) is 0 Å². The SMILES string of the molecule is CN=C(NCCCc1ccc(O)cc1)N(C)Cc1ccc(OC)cc1OC. The average molecular weight is 371 g/mol. The third-order valence-corrected chi connectivity index (χ3v) is 4.34. The number of aliphatic imine (C=N–C) groups is 1. The van der Waals surface area contributed by atoms with E-state index in [9.17, 15) is 5.11 Å². The van der Waals surface area contributed by atoms with Crippen LogP contribution in [0.1, 0.15) is 17.5 Å². The van der Waals surface area contributed by atoms with Gasteiger partial charge in [-0.2, -0.15) is 0 Å². The van der Waals surface area contributed by atoms with Crippen LogP contribution in [0.2, 0.25) is 0 Å². The second-order valence-electron chi connectivity index (χ2n) is 6.28. The Bertz CT molecular complexity index is 745. The number of nitrogens with zero attached hydrogens (tertiary/aromatic N) is 2. The second kappa shape index (κ2) is 10.3. The molecule has 0 aromatic heterocycles. The van der Waals surface area contributed by atoms with Crippen molar-refractivity contribution in [1.29, 1.82) is 0 Å². The fraction of sp³-hybridized carbons (Fsp3) is 0.381. The van der Waals surface area contributed by atoms with Crippen molar-refractivity contribution in [2.45, 2.75) is 19.4 Å². The molecular formula is C21H29N3O3. The van der Waals surface area contributed by atoms with Crippen LogP contribution in [0.25, 0.3) is 0 Å². The number of phenolic OH excluding ortho intramolecular Hbond substituents is 1. The fourth-order valence-corrected chi connectivity index (χ4v) is 2.85. The Labute approximate surface area is 161 Å². The van der Waals surface area contributed by atoms with E-state index in [1.165, 1.54) is 5.56 Å². The molecule has 0 saturated carbocycles. The van der Waals surface area contributed by atoms with E-state index in [0.717, 1.165) is 42.4 Å². The number of rotatable bonds is 8. The summed E-state index contributed by atoms with van der Waals surface area (Å²) in [5.74, 6) is 2.70. The third-order valence-electron chi connectivity index (χ3n) is 4.34. The molecule has 27 heavy (non-hydrogen) atoms. The molecule has 0 aliphatic rings. The lowest BCUT2D eigenvalue weighted by atomic mass is 10.1. The zero-order valence-electron chi connectivity index (χ0n) is 16.5. The van der Waals surface area contributed by atoms with Gasteiger partial charge in [0, 0.05) is 38.8 Å². The summed E-state index contributed by atoms with van der Waals surface area (Å²) < 4.78 is 10.7. The Morgan fingerprint density at radius 3 is 2.48 bits per heavy atom. The number of hydrogen-bond acceptors (Lipinski definition) is 4. The molecule has 0 bridgehead atoms. The van der Waals surface area contributed by atoms with Crippen molar-refractivity contribution in [1.82, 2.24) is 10.2 Å². The molecule has 0 unspecified atom stereocenters. The van der Waals surface area contributed by atoms with Gasteiger partial charge in [-0.05, 0) is 42.7 Å². The molecule has 0 atom stereocenters. The number of methoxy groups -OCH3 is 2. The molecule has 0 spiro atoms. The van der Waals surface area contributed by atoms with Crippen LogP contribution in [0.3, 0.4) is 0 Å². The molecule has 0 heterocycles. The summed E-state index contributed by atoms with van der Waals surface area (Å²) in [5, 5.41) is 12.7. The molecule has 0 aliphatic heterocycles. The molecule has 6 heteroatoms. The van der Waals surface area contributed by atoms with Crippen LogP contribution < -0.4 is 14.8 Å². The molecular weight excluding hydrogens is 342 g/mol. The number of ether oxygens (including phenoxy) is 2. The number of nitrogens with one attached hydrogen (secondary N) is 1. The average Bonchev–Trinajstić information content (AvgIpc) is 2.69. The monoisotopic (exact) mass is 371 g/mol. The normalized spacial score (nSPS) is 11.2. The van der Waals surface area contributed by atoms with Gasteiger partial charge in [-0.3, -0.25) is 4.99 Å². The van der Waals surface area contributed by atoms with Gasteiger partial charge >= 0.3 is 0 Å². The van der Waals surface area contributed by atoms with Crippen LogP contribution in [-0.2, 0) is 13.0 Å². The Morgan fingerprint density at radius 1 is 1.11 bits per heavy atom. The summed E-state index contributed by atoms with van der Waals surface area (Å²) in [7, 11) is 7.09. The Morgan fingerprint density at radius 2 is 1.85 bits per heavy atom. The smallest absolute Gasteiger partial charge is 0.193 e. The van der Waals surface area contributed by atoms with Gasteiger partial charge in [0.2, 0.25) is 0 Å². The fourth-order valence-electron chi connectivity index (χ4n) is 2.85. The first-order chi connectivity index (χ1) is 13.1. The highest BCUT2D eigenvalue weighted by molar-refractivity contribution is 5.79. The van der Waals surface area contributed by atoms with E-state index in [2.05, 4.69) is 15.2 Å². The van der Waals surface area contributed by atoms with Crippen LogP contribution in [0.15, 0.2) is 47.5 Å². The predicted octanol–water partition coefficient (Wildman–Crippen LogP) is 3.05. The molecule has 0 amide bonds. The van der Waals surface area contributed by atoms with Crippen LogP contribution >= 0.6 is 0 Å². The van der Waals surface area contributed by atoms with Crippen LogP contribution in [0, 0.1) is 0 Å². The molecule has 2 aromatic rings. The van der Waals surface area contributed by atoms with Gasteiger partial charge in [0.1, 0.15) is 17.2 Å². The highest BCUT2D eigenvalue weighted by Gasteiger charge is 2.11. The van der Waals surface area contributed by atoms with E-state index < -0.39 is 0 Å². The van der Waals surface area contributed by atoms with Gasteiger partial charge in [0.15, 0.2) is 5.96 Å². The minimum atomic E-state index is 0.299. The lowest BCUT2D eigenvalue weighted by Crippen LogP contribution is -2.39. The van der Waals surface area contributed by atoms with E-state index in [1.807, 2.05) is 37.4 Å². The zero-order chi connectivity index (χ0) is 19.6. The largest absolute Gasteiger partial charge is 0.508 e. The standard InChI is InChI=1S/C21H29N3O3/c1-22-21(23-13-5-6-16-7-10-18(25)11-8-16)24(2)15-17-9-12-19(26-3)14-20(17)27-4/h7-12,14,25H,5-6,13,15H2,1-4H3,(H,22,23). The first-order valence-electron chi connectivity index (χ1n) is 8.98. The van der Waals surface area contributed by atoms with Gasteiger partial charge in [0.25, 0.3) is 0 Å². The van der Waals surface area contributed by atoms with Crippen molar-refractivity contribution >= 4 is 5.96 Å². The van der Waals surface area contributed by atoms with E-state index >= 15 is 0 Å². The number of hydrogen-bond donors (Lipinski definition) is 2. The van der Waals surface area contributed by atoms with Gasteiger partial charge in [0.05, 0.1) is 14.2 Å². The maximum absolute atomic E-state index is 9.33. The molecule has 0 radical (unpaired) electrons. The van der Waals surface area contributed by atoms with Gasteiger partial charge in [-0.1, -0.05) is 12.1 Å². The van der Waals surface area contributed by atoms with Crippen molar-refractivity contribution in [2.75, 3.05) is 34.9 Å². The van der Waals surface area contributed by atoms with Crippen molar-refractivity contribution in [3.8, 4) is 17.2 Å². The summed E-state index contributed by atoms with van der Waals surface area (Å²) in [4.78, 5) is 6.42. The van der Waals surface area contributed by atoms with E-state index in [-0.39, 0.29) is 0 Å². The maximum Gasteiger partial charge on any atom is 0.193 e. The quantitative estimate of drug-likeness (QED) is 0.424. The first kappa shape index (κ1) is 20.4. The molecule has 0 aliphatic carbocycles. The number of phenols is 1. The van der Waals surface area contributed by atoms with Crippen molar-refractivity contribution in [2.24, 2.45) is 4.99 Å². The maximum atomic E-state index is 9.33. The van der Waals surface area contributed by atoms with Crippen molar-refractivity contribution in [3.05, 3.63) is 53.6 Å². The number of aryl methyl sites for hydroxylation is 1. The summed E-state index contributed by atoms with van der Waals surface area (Å²) in [6.45, 7) is 1.49. The van der Waals surface area contributed by atoms with E-state index in [0.29, 0.717) is 12.3 Å². The minimum Gasteiger partial charge on any atom is -0.508 e. The number of aromatic hydroxyl groups is 1.